The molecule has 0 aromatic heterocycles. The summed E-state index contributed by atoms with van der Waals surface area (Å²) in [5, 5.41) is 3.44. The fourth-order valence-corrected chi connectivity index (χ4v) is 3.46. The van der Waals surface area contributed by atoms with E-state index in [9.17, 15) is 4.79 Å². The fraction of sp³-hybridized carbons (Fsp3) is 0.562. The second-order valence-electron chi connectivity index (χ2n) is 5.91. The van der Waals surface area contributed by atoms with Crippen LogP contribution in [0.25, 0.3) is 0 Å². The standard InChI is InChI=1S/C16H22N2O.ClH/c1-2-13-5-3-4-6-14(13)15(19)18-10-8-16(12-18)7-9-17-11-16;/h3-6,17H,2,7-12H2,1H3;1H. The fourth-order valence-electron chi connectivity index (χ4n) is 3.46. The summed E-state index contributed by atoms with van der Waals surface area (Å²) in [6, 6.07) is 8.02. The molecule has 3 rings (SSSR count). The van der Waals surface area contributed by atoms with Crippen LogP contribution in [0.1, 0.15) is 35.7 Å². The topological polar surface area (TPSA) is 32.3 Å². The minimum absolute atomic E-state index is 0. The van der Waals surface area contributed by atoms with Crippen molar-refractivity contribution in [3.63, 3.8) is 0 Å². The predicted molar refractivity (Wildman–Crippen MR) is 83.5 cm³/mol. The Kier molecular flexibility index (Phi) is 4.71. The predicted octanol–water partition coefficient (Wildman–Crippen LogP) is 2.50. The summed E-state index contributed by atoms with van der Waals surface area (Å²) >= 11 is 0. The monoisotopic (exact) mass is 294 g/mol. The molecule has 2 aliphatic rings. The van der Waals surface area contributed by atoms with Crippen molar-refractivity contribution in [1.82, 2.24) is 10.2 Å². The Morgan fingerprint density at radius 2 is 2.15 bits per heavy atom. The van der Waals surface area contributed by atoms with Gasteiger partial charge in [0.15, 0.2) is 0 Å². The van der Waals surface area contributed by atoms with Crippen LogP contribution >= 0.6 is 12.4 Å². The lowest BCUT2D eigenvalue weighted by atomic mass is 9.86. The summed E-state index contributed by atoms with van der Waals surface area (Å²) in [4.78, 5) is 14.7. The Bertz CT molecular complexity index is 483. The van der Waals surface area contributed by atoms with Gasteiger partial charge in [-0.2, -0.15) is 0 Å². The molecule has 1 aromatic carbocycles. The average Bonchev–Trinajstić information content (AvgIpc) is 3.09. The van der Waals surface area contributed by atoms with Crippen molar-refractivity contribution in [2.45, 2.75) is 26.2 Å². The quantitative estimate of drug-likeness (QED) is 0.909. The van der Waals surface area contributed by atoms with Crippen LogP contribution in [-0.2, 0) is 6.42 Å². The zero-order chi connectivity index (χ0) is 13.3. The van der Waals surface area contributed by atoms with Gasteiger partial charge in [-0.3, -0.25) is 4.79 Å². The van der Waals surface area contributed by atoms with Gasteiger partial charge in [-0.15, -0.1) is 12.4 Å². The van der Waals surface area contributed by atoms with Crippen LogP contribution in [0.5, 0.6) is 0 Å². The van der Waals surface area contributed by atoms with E-state index in [4.69, 9.17) is 0 Å². The van der Waals surface area contributed by atoms with Crippen LogP contribution in [0.2, 0.25) is 0 Å². The molecule has 1 unspecified atom stereocenters. The van der Waals surface area contributed by atoms with Crippen LogP contribution in [0.3, 0.4) is 0 Å². The molecule has 3 nitrogen and oxygen atoms in total. The van der Waals surface area contributed by atoms with Crippen LogP contribution < -0.4 is 5.32 Å². The number of likely N-dealkylation sites (tertiary alicyclic amines) is 1. The number of carbonyl (C=O) groups is 1. The number of rotatable bonds is 2. The van der Waals surface area contributed by atoms with E-state index in [0.717, 1.165) is 50.1 Å². The first-order valence-electron chi connectivity index (χ1n) is 7.32. The third-order valence-corrected chi connectivity index (χ3v) is 4.69. The molecule has 0 aliphatic carbocycles. The molecule has 110 valence electrons. The number of benzene rings is 1. The second kappa shape index (κ2) is 6.15. The van der Waals surface area contributed by atoms with Gasteiger partial charge >= 0.3 is 0 Å². The van der Waals surface area contributed by atoms with Crippen molar-refractivity contribution in [2.24, 2.45) is 5.41 Å². The van der Waals surface area contributed by atoms with E-state index in [1.54, 1.807) is 0 Å². The van der Waals surface area contributed by atoms with Crippen LogP contribution in [0.15, 0.2) is 24.3 Å². The van der Waals surface area contributed by atoms with E-state index in [0.29, 0.717) is 5.41 Å². The van der Waals surface area contributed by atoms with Crippen LogP contribution in [0, 0.1) is 5.41 Å². The molecule has 20 heavy (non-hydrogen) atoms. The normalized spacial score (nSPS) is 24.9. The first-order chi connectivity index (χ1) is 9.24. The molecule has 1 N–H and O–H groups in total. The van der Waals surface area contributed by atoms with Crippen molar-refractivity contribution >= 4 is 18.3 Å². The van der Waals surface area contributed by atoms with Crippen molar-refractivity contribution in [1.29, 1.82) is 0 Å². The van der Waals surface area contributed by atoms with Gasteiger partial charge in [0.1, 0.15) is 0 Å². The summed E-state index contributed by atoms with van der Waals surface area (Å²) in [6.07, 6.45) is 3.29. The number of nitrogens with one attached hydrogen (secondary N) is 1. The first-order valence-corrected chi connectivity index (χ1v) is 7.32. The van der Waals surface area contributed by atoms with Gasteiger partial charge in [-0.05, 0) is 37.4 Å². The number of aryl methyl sites for hydroxylation is 1. The SMILES string of the molecule is CCc1ccccc1C(=O)N1CCC2(CCNC2)C1.Cl. The molecule has 2 heterocycles. The minimum atomic E-state index is 0. The molecule has 1 spiro atoms. The summed E-state index contributed by atoms with van der Waals surface area (Å²) in [7, 11) is 0. The Hall–Kier alpha value is -1.06. The number of carbonyl (C=O) groups excluding carboxylic acids is 1. The summed E-state index contributed by atoms with van der Waals surface area (Å²) in [5.74, 6) is 0.223. The molecule has 4 heteroatoms. The molecule has 1 atom stereocenters. The van der Waals surface area contributed by atoms with Crippen molar-refractivity contribution in [2.75, 3.05) is 26.2 Å². The molecular formula is C16H23ClN2O. The number of hydrogen-bond acceptors (Lipinski definition) is 2. The first kappa shape index (κ1) is 15.3. The van der Waals surface area contributed by atoms with Gasteiger partial charge in [0.05, 0.1) is 0 Å². The van der Waals surface area contributed by atoms with Crippen molar-refractivity contribution in [3.8, 4) is 0 Å². The smallest absolute Gasteiger partial charge is 0.254 e. The zero-order valence-electron chi connectivity index (χ0n) is 12.0. The lowest BCUT2D eigenvalue weighted by molar-refractivity contribution is 0.0774. The van der Waals surface area contributed by atoms with Gasteiger partial charge in [0, 0.05) is 30.6 Å². The highest BCUT2D eigenvalue weighted by Gasteiger charge is 2.42. The van der Waals surface area contributed by atoms with E-state index in [1.165, 1.54) is 6.42 Å². The number of amides is 1. The molecule has 2 fully saturated rings. The molecule has 0 saturated carbocycles. The Morgan fingerprint density at radius 3 is 2.85 bits per heavy atom. The number of halogens is 1. The van der Waals surface area contributed by atoms with Crippen LogP contribution in [0.4, 0.5) is 0 Å². The van der Waals surface area contributed by atoms with Crippen molar-refractivity contribution < 1.29 is 4.79 Å². The van der Waals surface area contributed by atoms with E-state index in [2.05, 4.69) is 23.2 Å². The van der Waals surface area contributed by atoms with E-state index < -0.39 is 0 Å². The largest absolute Gasteiger partial charge is 0.338 e. The van der Waals surface area contributed by atoms with Gasteiger partial charge in [-0.1, -0.05) is 25.1 Å². The van der Waals surface area contributed by atoms with E-state index in [1.807, 2.05) is 18.2 Å². The van der Waals surface area contributed by atoms with Crippen LogP contribution in [-0.4, -0.2) is 37.0 Å². The maximum Gasteiger partial charge on any atom is 0.254 e. The summed E-state index contributed by atoms with van der Waals surface area (Å²) < 4.78 is 0. The van der Waals surface area contributed by atoms with Crippen molar-refractivity contribution in [3.05, 3.63) is 35.4 Å². The summed E-state index contributed by atoms with van der Waals surface area (Å²) in [5.41, 5.74) is 2.42. The highest BCUT2D eigenvalue weighted by Crippen LogP contribution is 2.36. The average molecular weight is 295 g/mol. The maximum atomic E-state index is 12.7. The molecule has 2 aliphatic heterocycles. The minimum Gasteiger partial charge on any atom is -0.338 e. The third kappa shape index (κ3) is 2.70. The highest BCUT2D eigenvalue weighted by atomic mass is 35.5. The van der Waals surface area contributed by atoms with Gasteiger partial charge in [0.25, 0.3) is 5.91 Å². The van der Waals surface area contributed by atoms with Gasteiger partial charge < -0.3 is 10.2 Å². The van der Waals surface area contributed by atoms with E-state index >= 15 is 0 Å². The number of nitrogens with zero attached hydrogens (tertiary/aromatic N) is 1. The second-order valence-corrected chi connectivity index (χ2v) is 5.91. The highest BCUT2D eigenvalue weighted by molar-refractivity contribution is 5.96. The Labute approximate surface area is 127 Å². The molecule has 1 aromatic rings. The lowest BCUT2D eigenvalue weighted by Gasteiger charge is -2.23. The Morgan fingerprint density at radius 1 is 1.35 bits per heavy atom. The molecular weight excluding hydrogens is 272 g/mol. The lowest BCUT2D eigenvalue weighted by Crippen LogP contribution is -2.33. The van der Waals surface area contributed by atoms with Gasteiger partial charge in [-0.25, -0.2) is 0 Å². The van der Waals surface area contributed by atoms with Gasteiger partial charge in [0.2, 0.25) is 0 Å². The third-order valence-electron chi connectivity index (χ3n) is 4.69. The molecule has 2 saturated heterocycles. The molecule has 0 radical (unpaired) electrons. The molecule has 0 bridgehead atoms. The summed E-state index contributed by atoms with van der Waals surface area (Å²) in [6.45, 7) is 6.13. The number of hydrogen-bond donors (Lipinski definition) is 1. The zero-order valence-corrected chi connectivity index (χ0v) is 12.8. The Balaban J connectivity index is 0.00000147. The maximum absolute atomic E-state index is 12.7. The molecule has 1 amide bonds. The van der Waals surface area contributed by atoms with E-state index in [-0.39, 0.29) is 18.3 Å².